The van der Waals surface area contributed by atoms with Crippen LogP contribution in [0.4, 0.5) is 10.5 Å². The van der Waals surface area contributed by atoms with E-state index >= 15 is 0 Å². The molecule has 164 valence electrons. The Bertz CT molecular complexity index is 1200. The van der Waals surface area contributed by atoms with Crippen molar-refractivity contribution in [3.05, 3.63) is 54.1 Å². The number of carbonyl (C=O) groups is 3. The lowest BCUT2D eigenvalue weighted by molar-refractivity contribution is -0.122. The molecule has 0 aliphatic rings. The van der Waals surface area contributed by atoms with Crippen molar-refractivity contribution in [3.63, 3.8) is 0 Å². The van der Waals surface area contributed by atoms with Crippen LogP contribution in [0.25, 0.3) is 22.0 Å². The van der Waals surface area contributed by atoms with Gasteiger partial charge in [-0.3, -0.25) is 19.7 Å². The molecule has 32 heavy (non-hydrogen) atoms. The van der Waals surface area contributed by atoms with Gasteiger partial charge in [0, 0.05) is 37.4 Å². The highest BCUT2D eigenvalue weighted by Gasteiger charge is 2.20. The number of pyridine rings is 1. The smallest absolute Gasteiger partial charge is 0.344 e. The second kappa shape index (κ2) is 10.1. The van der Waals surface area contributed by atoms with Crippen molar-refractivity contribution in [2.24, 2.45) is 0 Å². The highest BCUT2D eigenvalue weighted by atomic mass is 32.1. The average molecular weight is 454 g/mol. The first-order valence-electron chi connectivity index (χ1n) is 9.01. The summed E-state index contributed by atoms with van der Waals surface area (Å²) in [4.78, 5) is 43.4. The van der Waals surface area contributed by atoms with Gasteiger partial charge in [0.15, 0.2) is 0 Å². The number of hydrogen-bond acceptors (Lipinski definition) is 8. The van der Waals surface area contributed by atoms with E-state index in [9.17, 15) is 9.59 Å². The number of nitrogens with one attached hydrogen (secondary N) is 2. The minimum absolute atomic E-state index is 0.250. The van der Waals surface area contributed by atoms with Crippen LogP contribution in [0.2, 0.25) is 0 Å². The summed E-state index contributed by atoms with van der Waals surface area (Å²) in [5.41, 5.74) is 2.34. The van der Waals surface area contributed by atoms with Crippen LogP contribution in [0.5, 0.6) is 0 Å². The zero-order valence-corrected chi connectivity index (χ0v) is 17.8. The van der Waals surface area contributed by atoms with Gasteiger partial charge in [0.05, 0.1) is 23.8 Å². The van der Waals surface area contributed by atoms with E-state index in [2.05, 4.69) is 30.6 Å². The number of rotatable bonds is 4. The predicted octanol–water partition coefficient (Wildman–Crippen LogP) is 2.27. The molecule has 12 nitrogen and oxygen atoms in total. The highest BCUT2D eigenvalue weighted by Crippen LogP contribution is 2.27. The maximum atomic E-state index is 12.8. The molecule has 0 atom stereocenters. The second-order valence-electron chi connectivity index (χ2n) is 6.31. The van der Waals surface area contributed by atoms with E-state index in [0.29, 0.717) is 22.1 Å². The van der Waals surface area contributed by atoms with Gasteiger partial charge in [0.2, 0.25) is 0 Å². The Kier molecular flexibility index (Phi) is 7.02. The van der Waals surface area contributed by atoms with E-state index in [-0.39, 0.29) is 18.2 Å². The van der Waals surface area contributed by atoms with Crippen molar-refractivity contribution in [3.8, 4) is 22.0 Å². The summed E-state index contributed by atoms with van der Waals surface area (Å²) in [5.74, 6) is -0.412. The zero-order chi connectivity index (χ0) is 23.1. The van der Waals surface area contributed by atoms with Gasteiger partial charge in [0.25, 0.3) is 12.4 Å². The Balaban J connectivity index is 0.000000913. The fraction of sp³-hybridized carbons (Fsp3) is 0.105. The molecule has 0 unspecified atom stereocenters. The second-order valence-corrected chi connectivity index (χ2v) is 7.17. The molecular formula is C19H18N8O4S. The Morgan fingerprint density at radius 1 is 1.31 bits per heavy atom. The predicted molar refractivity (Wildman–Crippen MR) is 116 cm³/mol. The van der Waals surface area contributed by atoms with Crippen LogP contribution >= 0.6 is 11.3 Å². The van der Waals surface area contributed by atoms with Crippen molar-refractivity contribution >= 4 is 35.4 Å². The van der Waals surface area contributed by atoms with Gasteiger partial charge in [-0.05, 0) is 12.1 Å². The van der Waals surface area contributed by atoms with Crippen LogP contribution in [-0.2, 0) is 4.79 Å². The summed E-state index contributed by atoms with van der Waals surface area (Å²) < 4.78 is 1.16. The molecular weight excluding hydrogens is 436 g/mol. The van der Waals surface area contributed by atoms with Crippen LogP contribution in [0.3, 0.4) is 0 Å². The number of carbonyl (C=O) groups excluding carboxylic acids is 2. The Morgan fingerprint density at radius 2 is 2.09 bits per heavy atom. The lowest BCUT2D eigenvalue weighted by Crippen LogP contribution is -2.27. The van der Waals surface area contributed by atoms with Gasteiger partial charge >= 0.3 is 6.03 Å². The van der Waals surface area contributed by atoms with Gasteiger partial charge < -0.3 is 15.3 Å². The highest BCUT2D eigenvalue weighted by molar-refractivity contribution is 7.13. The average Bonchev–Trinajstić information content (AvgIpc) is 3.54. The summed E-state index contributed by atoms with van der Waals surface area (Å²) in [6.07, 6.45) is 6.42. The van der Waals surface area contributed by atoms with E-state index in [1.807, 2.05) is 0 Å². The molecule has 0 spiro atoms. The first-order chi connectivity index (χ1) is 15.4. The van der Waals surface area contributed by atoms with Gasteiger partial charge in [-0.25, -0.2) is 9.78 Å². The molecule has 0 fully saturated rings. The van der Waals surface area contributed by atoms with E-state index in [1.165, 1.54) is 22.4 Å². The molecule has 0 bridgehead atoms. The van der Waals surface area contributed by atoms with Crippen molar-refractivity contribution < 1.29 is 19.5 Å². The molecule has 4 rings (SSSR count). The third-order valence-corrected chi connectivity index (χ3v) is 4.82. The number of H-pyrrole nitrogens is 1. The molecule has 0 saturated carbocycles. The minimum Gasteiger partial charge on any atom is -0.483 e. The maximum absolute atomic E-state index is 12.8. The van der Waals surface area contributed by atoms with Gasteiger partial charge in [0.1, 0.15) is 16.4 Å². The van der Waals surface area contributed by atoms with Gasteiger partial charge in [-0.1, -0.05) is 6.07 Å². The number of anilines is 1. The first kappa shape index (κ1) is 22.3. The molecule has 0 aliphatic carbocycles. The standard InChI is InChI=1S/C18H16N8O2S.CH2O2/c1-25(2)18(28)26-9-13(15(24-26)12-5-3-4-6-19-12)22-16(27)14-10-29-17(23-14)11-7-20-21-8-11;2-1-3/h3-10H,1-2H3,(H,20,21)(H,22,27);1H,(H,2,3). The number of nitrogens with zero attached hydrogens (tertiary/aromatic N) is 6. The molecule has 0 aliphatic heterocycles. The van der Waals surface area contributed by atoms with Crippen molar-refractivity contribution in [2.45, 2.75) is 0 Å². The molecule has 13 heteroatoms. The number of thiazole rings is 1. The van der Waals surface area contributed by atoms with Crippen LogP contribution in [-0.4, -0.2) is 72.5 Å². The zero-order valence-electron chi connectivity index (χ0n) is 17.0. The first-order valence-corrected chi connectivity index (χ1v) is 9.89. The quantitative estimate of drug-likeness (QED) is 0.396. The Hall–Kier alpha value is -4.39. The molecule has 0 saturated heterocycles. The molecule has 4 aromatic heterocycles. The lowest BCUT2D eigenvalue weighted by atomic mass is 10.2. The van der Waals surface area contributed by atoms with Crippen LogP contribution in [0.15, 0.2) is 48.4 Å². The third kappa shape index (κ3) is 5.02. The molecule has 0 radical (unpaired) electrons. The van der Waals surface area contributed by atoms with Gasteiger partial charge in [-0.15, -0.1) is 11.3 Å². The molecule has 3 N–H and O–H groups in total. The summed E-state index contributed by atoms with van der Waals surface area (Å²) >= 11 is 1.33. The van der Waals surface area contributed by atoms with Crippen molar-refractivity contribution in [2.75, 3.05) is 19.4 Å². The lowest BCUT2D eigenvalue weighted by Gasteiger charge is -2.08. The monoisotopic (exact) mass is 454 g/mol. The number of amides is 2. The van der Waals surface area contributed by atoms with E-state index in [1.54, 1.807) is 56.3 Å². The Morgan fingerprint density at radius 3 is 2.72 bits per heavy atom. The summed E-state index contributed by atoms with van der Waals surface area (Å²) in [7, 11) is 3.24. The normalized spacial score (nSPS) is 10.1. The van der Waals surface area contributed by atoms with Gasteiger partial charge in [-0.2, -0.15) is 14.9 Å². The fourth-order valence-electron chi connectivity index (χ4n) is 2.53. The van der Waals surface area contributed by atoms with Crippen LogP contribution in [0.1, 0.15) is 10.5 Å². The number of carboxylic acid groups (broad SMARTS) is 1. The maximum Gasteiger partial charge on any atom is 0.344 e. The SMILES string of the molecule is CN(C)C(=O)n1cc(NC(=O)c2csc(-c3cn[nH]c3)n2)c(-c2ccccn2)n1.O=CO. The molecule has 0 aromatic carbocycles. The molecule has 4 heterocycles. The number of aromatic nitrogens is 6. The van der Waals surface area contributed by atoms with Crippen molar-refractivity contribution in [1.29, 1.82) is 0 Å². The number of aromatic amines is 1. The third-order valence-electron chi connectivity index (χ3n) is 3.93. The van der Waals surface area contributed by atoms with Crippen molar-refractivity contribution in [1.82, 2.24) is 34.8 Å². The van der Waals surface area contributed by atoms with Crippen LogP contribution in [0, 0.1) is 0 Å². The fourth-order valence-corrected chi connectivity index (χ4v) is 3.31. The summed E-state index contributed by atoms with van der Waals surface area (Å²) in [6, 6.07) is 4.98. The van der Waals surface area contributed by atoms with E-state index in [0.717, 1.165) is 10.2 Å². The van der Waals surface area contributed by atoms with E-state index in [4.69, 9.17) is 9.90 Å². The summed E-state index contributed by atoms with van der Waals surface area (Å²) in [5, 5.41) is 22.9. The Labute approximate surface area is 185 Å². The summed E-state index contributed by atoms with van der Waals surface area (Å²) in [6.45, 7) is -0.250. The topological polar surface area (TPSA) is 159 Å². The largest absolute Gasteiger partial charge is 0.483 e. The molecule has 2 amide bonds. The number of hydrogen-bond donors (Lipinski definition) is 3. The minimum atomic E-state index is -0.412. The van der Waals surface area contributed by atoms with E-state index < -0.39 is 5.91 Å². The molecule has 4 aromatic rings. The van der Waals surface area contributed by atoms with Crippen LogP contribution < -0.4 is 5.32 Å².